The molecule has 0 bridgehead atoms. The van der Waals surface area contributed by atoms with E-state index >= 15 is 0 Å². The molecule has 2 unspecified atom stereocenters. The number of rotatable bonds is 7. The van der Waals surface area contributed by atoms with Gasteiger partial charge in [-0.1, -0.05) is 0 Å². The standard InChI is InChI=1S/C11H17N7O3/c1-8(11-15-13-7-16(11)2)12-4-10(19)6-17-5-9(3-14-17)18(20)21/h3,5,7-8,10,12,19H,4,6H2,1-2H3. The first-order chi connectivity index (χ1) is 9.97. The second kappa shape index (κ2) is 6.41. The maximum absolute atomic E-state index is 10.5. The molecule has 21 heavy (non-hydrogen) atoms. The Morgan fingerprint density at radius 1 is 1.57 bits per heavy atom. The third-order valence-electron chi connectivity index (χ3n) is 3.02. The molecule has 0 saturated heterocycles. The van der Waals surface area contributed by atoms with Crippen molar-refractivity contribution in [2.24, 2.45) is 7.05 Å². The Morgan fingerprint density at radius 3 is 2.90 bits per heavy atom. The quantitative estimate of drug-likeness (QED) is 0.527. The summed E-state index contributed by atoms with van der Waals surface area (Å²) in [6, 6.07) is -0.0703. The van der Waals surface area contributed by atoms with Gasteiger partial charge in [0.15, 0.2) is 0 Å². The van der Waals surface area contributed by atoms with Crippen molar-refractivity contribution in [3.8, 4) is 0 Å². The second-order valence-electron chi connectivity index (χ2n) is 4.76. The van der Waals surface area contributed by atoms with Gasteiger partial charge < -0.3 is 15.0 Å². The second-order valence-corrected chi connectivity index (χ2v) is 4.76. The predicted octanol–water partition coefficient (Wildman–Crippen LogP) is -0.369. The molecule has 2 N–H and O–H groups in total. The Labute approximate surface area is 120 Å². The molecular weight excluding hydrogens is 278 g/mol. The summed E-state index contributed by atoms with van der Waals surface area (Å²) in [7, 11) is 1.84. The normalized spacial score (nSPS) is 14.0. The Balaban J connectivity index is 1.83. The number of hydrogen-bond acceptors (Lipinski definition) is 7. The highest BCUT2D eigenvalue weighted by molar-refractivity contribution is 5.20. The van der Waals surface area contributed by atoms with Crippen LogP contribution in [0.2, 0.25) is 0 Å². The number of aromatic nitrogens is 5. The summed E-state index contributed by atoms with van der Waals surface area (Å²) in [6.07, 6.45) is 3.32. The van der Waals surface area contributed by atoms with E-state index in [4.69, 9.17) is 0 Å². The first-order valence-electron chi connectivity index (χ1n) is 6.39. The summed E-state index contributed by atoms with van der Waals surface area (Å²) in [4.78, 5) is 10.0. The molecular formula is C11H17N7O3. The Bertz CT molecular complexity index is 608. The minimum atomic E-state index is -0.722. The largest absolute Gasteiger partial charge is 0.390 e. The van der Waals surface area contributed by atoms with Gasteiger partial charge in [0.2, 0.25) is 0 Å². The molecule has 0 aliphatic rings. The number of nitrogens with zero attached hydrogens (tertiary/aromatic N) is 6. The SMILES string of the molecule is CC(NCC(O)Cn1cc([N+](=O)[O-])cn1)c1nncn1C. The van der Waals surface area contributed by atoms with Gasteiger partial charge in [0.25, 0.3) is 0 Å². The van der Waals surface area contributed by atoms with E-state index in [1.807, 2.05) is 14.0 Å². The number of aliphatic hydroxyl groups excluding tert-OH is 1. The molecule has 0 amide bonds. The Morgan fingerprint density at radius 2 is 2.33 bits per heavy atom. The lowest BCUT2D eigenvalue weighted by molar-refractivity contribution is -0.385. The first-order valence-corrected chi connectivity index (χ1v) is 6.39. The minimum absolute atomic E-state index is 0.0703. The van der Waals surface area contributed by atoms with Crippen molar-refractivity contribution in [2.75, 3.05) is 6.54 Å². The summed E-state index contributed by atoms with van der Waals surface area (Å²) in [6.45, 7) is 2.39. The highest BCUT2D eigenvalue weighted by Gasteiger charge is 2.15. The number of aliphatic hydroxyl groups is 1. The number of nitro groups is 1. The number of nitrogens with one attached hydrogen (secondary N) is 1. The van der Waals surface area contributed by atoms with Gasteiger partial charge in [-0.2, -0.15) is 5.10 Å². The van der Waals surface area contributed by atoms with Gasteiger partial charge >= 0.3 is 5.69 Å². The van der Waals surface area contributed by atoms with Gasteiger partial charge in [-0.3, -0.25) is 14.8 Å². The Hall–Kier alpha value is -2.33. The maximum Gasteiger partial charge on any atom is 0.306 e. The fourth-order valence-electron chi connectivity index (χ4n) is 1.92. The monoisotopic (exact) mass is 295 g/mol. The molecule has 0 aromatic carbocycles. The lowest BCUT2D eigenvalue weighted by atomic mass is 10.2. The van der Waals surface area contributed by atoms with Crippen molar-refractivity contribution in [3.63, 3.8) is 0 Å². The molecule has 10 nitrogen and oxygen atoms in total. The zero-order chi connectivity index (χ0) is 15.4. The van der Waals surface area contributed by atoms with Crippen molar-refractivity contribution < 1.29 is 10.0 Å². The van der Waals surface area contributed by atoms with E-state index in [1.165, 1.54) is 10.9 Å². The van der Waals surface area contributed by atoms with Crippen molar-refractivity contribution in [1.29, 1.82) is 0 Å². The van der Waals surface area contributed by atoms with Crippen molar-refractivity contribution >= 4 is 5.69 Å². The van der Waals surface area contributed by atoms with Crippen LogP contribution in [0.5, 0.6) is 0 Å². The fourth-order valence-corrected chi connectivity index (χ4v) is 1.92. The molecule has 0 saturated carbocycles. The van der Waals surface area contributed by atoms with E-state index in [2.05, 4.69) is 20.6 Å². The highest BCUT2D eigenvalue weighted by atomic mass is 16.6. The topological polar surface area (TPSA) is 124 Å². The van der Waals surface area contributed by atoms with Crippen molar-refractivity contribution in [3.05, 3.63) is 34.7 Å². The van der Waals surface area contributed by atoms with Crippen LogP contribution < -0.4 is 5.32 Å². The molecule has 2 rings (SSSR count). The zero-order valence-corrected chi connectivity index (χ0v) is 11.7. The van der Waals surface area contributed by atoms with Gasteiger partial charge in [0.05, 0.1) is 23.6 Å². The van der Waals surface area contributed by atoms with Crippen LogP contribution in [0.15, 0.2) is 18.7 Å². The Kier molecular flexibility index (Phi) is 4.60. The summed E-state index contributed by atoms with van der Waals surface area (Å²) in [5.41, 5.74) is -0.0948. The minimum Gasteiger partial charge on any atom is -0.390 e. The average molecular weight is 295 g/mol. The van der Waals surface area contributed by atoms with Gasteiger partial charge in [0, 0.05) is 13.6 Å². The molecule has 0 aliphatic carbocycles. The number of hydrogen-bond donors (Lipinski definition) is 2. The van der Waals surface area contributed by atoms with E-state index < -0.39 is 11.0 Å². The summed E-state index contributed by atoms with van der Waals surface area (Å²) in [5.74, 6) is 0.761. The molecule has 2 aromatic rings. The van der Waals surface area contributed by atoms with Gasteiger partial charge in [-0.05, 0) is 6.92 Å². The smallest absolute Gasteiger partial charge is 0.306 e. The van der Waals surface area contributed by atoms with E-state index in [-0.39, 0.29) is 18.3 Å². The van der Waals surface area contributed by atoms with Crippen LogP contribution in [-0.4, -0.2) is 47.2 Å². The highest BCUT2D eigenvalue weighted by Crippen LogP contribution is 2.09. The van der Waals surface area contributed by atoms with Gasteiger partial charge in [-0.15, -0.1) is 10.2 Å². The summed E-state index contributed by atoms with van der Waals surface area (Å²) in [5, 5.41) is 35.2. The van der Waals surface area contributed by atoms with Crippen molar-refractivity contribution in [1.82, 2.24) is 29.9 Å². The summed E-state index contributed by atoms with van der Waals surface area (Å²) >= 11 is 0. The third kappa shape index (κ3) is 3.83. The van der Waals surface area contributed by atoms with Crippen LogP contribution in [0.3, 0.4) is 0 Å². The van der Waals surface area contributed by atoms with E-state index in [1.54, 1.807) is 10.9 Å². The van der Waals surface area contributed by atoms with Crippen LogP contribution in [-0.2, 0) is 13.6 Å². The average Bonchev–Trinajstić information content (AvgIpc) is 3.05. The number of aryl methyl sites for hydroxylation is 1. The lowest BCUT2D eigenvalue weighted by Gasteiger charge is -2.16. The molecule has 0 fully saturated rings. The van der Waals surface area contributed by atoms with Crippen LogP contribution in [0.1, 0.15) is 18.8 Å². The lowest BCUT2D eigenvalue weighted by Crippen LogP contribution is -2.33. The zero-order valence-electron chi connectivity index (χ0n) is 11.7. The van der Waals surface area contributed by atoms with Crippen LogP contribution in [0.4, 0.5) is 5.69 Å². The predicted molar refractivity (Wildman–Crippen MR) is 72.3 cm³/mol. The van der Waals surface area contributed by atoms with Crippen LogP contribution in [0, 0.1) is 10.1 Å². The van der Waals surface area contributed by atoms with E-state index in [9.17, 15) is 15.2 Å². The molecule has 2 heterocycles. The third-order valence-corrected chi connectivity index (χ3v) is 3.02. The molecule has 0 radical (unpaired) electrons. The summed E-state index contributed by atoms with van der Waals surface area (Å²) < 4.78 is 3.14. The van der Waals surface area contributed by atoms with E-state index in [0.717, 1.165) is 12.0 Å². The molecule has 0 aliphatic heterocycles. The molecule has 114 valence electrons. The van der Waals surface area contributed by atoms with Gasteiger partial charge in [-0.25, -0.2) is 0 Å². The molecule has 0 spiro atoms. The van der Waals surface area contributed by atoms with Gasteiger partial charge in [0.1, 0.15) is 24.5 Å². The fraction of sp³-hybridized carbons (Fsp3) is 0.545. The van der Waals surface area contributed by atoms with Crippen molar-refractivity contribution in [2.45, 2.75) is 25.6 Å². The first kappa shape index (κ1) is 15.1. The van der Waals surface area contributed by atoms with E-state index in [0.29, 0.717) is 6.54 Å². The van der Waals surface area contributed by atoms with Crippen LogP contribution in [0.25, 0.3) is 0 Å². The maximum atomic E-state index is 10.5. The molecule has 10 heteroatoms. The molecule has 2 atom stereocenters. The molecule has 2 aromatic heterocycles. The van der Waals surface area contributed by atoms with Crippen LogP contribution >= 0.6 is 0 Å².